The molecule has 0 atom stereocenters. The molecule has 1 N–H and O–H groups in total. The minimum absolute atomic E-state index is 0.0180. The largest absolute Gasteiger partial charge is 0.478 e. The molecule has 7 heteroatoms. The molecule has 2 aromatic heterocycles. The van der Waals surface area contributed by atoms with Gasteiger partial charge in [-0.05, 0) is 18.1 Å². The quantitative estimate of drug-likeness (QED) is 0.779. The third kappa shape index (κ3) is 1.48. The van der Waals surface area contributed by atoms with E-state index in [1.807, 2.05) is 0 Å². The Labute approximate surface area is 89.0 Å². The number of nitrogens with zero attached hydrogens (tertiary/aromatic N) is 3. The fourth-order valence-corrected chi connectivity index (χ4v) is 1.37. The lowest BCUT2D eigenvalue weighted by atomic mass is 10.2. The van der Waals surface area contributed by atoms with Gasteiger partial charge >= 0.3 is 5.97 Å². The highest BCUT2D eigenvalue weighted by atomic mass is 16.5. The third-order valence-electron chi connectivity index (χ3n) is 2.12. The molecular formula is C9H7N3O4. The van der Waals surface area contributed by atoms with Crippen LogP contribution in [-0.2, 0) is 0 Å². The lowest BCUT2D eigenvalue weighted by Gasteiger charge is -2.06. The maximum atomic E-state index is 11.6. The van der Waals surface area contributed by atoms with Gasteiger partial charge in [0.2, 0.25) is 6.39 Å². The summed E-state index contributed by atoms with van der Waals surface area (Å²) in [7, 11) is 0. The summed E-state index contributed by atoms with van der Waals surface area (Å²) in [5.41, 5.74) is -0.144. The van der Waals surface area contributed by atoms with Crippen molar-refractivity contribution in [3.63, 3.8) is 0 Å². The van der Waals surface area contributed by atoms with Crippen molar-refractivity contribution in [2.24, 2.45) is 0 Å². The zero-order valence-corrected chi connectivity index (χ0v) is 8.25. The van der Waals surface area contributed by atoms with Crippen molar-refractivity contribution in [1.29, 1.82) is 0 Å². The molecule has 0 fully saturated rings. The number of pyridine rings is 1. The van der Waals surface area contributed by atoms with Crippen molar-refractivity contribution < 1.29 is 14.4 Å². The maximum Gasteiger partial charge on any atom is 0.337 e. The van der Waals surface area contributed by atoms with E-state index < -0.39 is 11.5 Å². The molecule has 0 aliphatic heterocycles. The van der Waals surface area contributed by atoms with Crippen LogP contribution in [0.4, 0.5) is 0 Å². The minimum Gasteiger partial charge on any atom is -0.478 e. The van der Waals surface area contributed by atoms with Crippen LogP contribution in [0, 0.1) is 6.92 Å². The Balaban J connectivity index is 2.74. The number of hydrogen-bond acceptors (Lipinski definition) is 5. The van der Waals surface area contributed by atoms with Crippen LogP contribution in [0.1, 0.15) is 16.1 Å². The summed E-state index contributed by atoms with van der Waals surface area (Å²) in [5.74, 6) is -1.10. The average Bonchev–Trinajstić information content (AvgIpc) is 2.70. The number of aromatic carboxylic acids is 1. The van der Waals surface area contributed by atoms with Crippen molar-refractivity contribution in [1.82, 2.24) is 14.7 Å². The van der Waals surface area contributed by atoms with Crippen molar-refractivity contribution in [2.45, 2.75) is 6.92 Å². The molecular weight excluding hydrogens is 214 g/mol. The second-order valence-electron chi connectivity index (χ2n) is 3.04. The summed E-state index contributed by atoms with van der Waals surface area (Å²) in [6, 6.07) is 2.39. The van der Waals surface area contributed by atoms with Crippen molar-refractivity contribution in [3.05, 3.63) is 40.1 Å². The van der Waals surface area contributed by atoms with Gasteiger partial charge in [0.1, 0.15) is 0 Å². The van der Waals surface area contributed by atoms with Gasteiger partial charge in [-0.3, -0.25) is 4.79 Å². The molecule has 2 rings (SSSR count). The van der Waals surface area contributed by atoms with Gasteiger partial charge in [0.15, 0.2) is 0 Å². The minimum atomic E-state index is -1.12. The number of aromatic nitrogens is 3. The van der Waals surface area contributed by atoms with E-state index >= 15 is 0 Å². The summed E-state index contributed by atoms with van der Waals surface area (Å²) < 4.78 is 5.59. The molecule has 0 saturated heterocycles. The number of carboxylic acids is 1. The Bertz CT molecular complexity index is 585. The van der Waals surface area contributed by atoms with Crippen molar-refractivity contribution in [2.75, 3.05) is 0 Å². The van der Waals surface area contributed by atoms with Gasteiger partial charge in [-0.25, -0.2) is 9.36 Å². The second-order valence-corrected chi connectivity index (χ2v) is 3.04. The SMILES string of the molecule is Cc1c(C(=O)O)ccc(=O)n1-c1ncon1. The molecule has 0 spiro atoms. The van der Waals surface area contributed by atoms with E-state index in [9.17, 15) is 9.59 Å². The van der Waals surface area contributed by atoms with E-state index in [0.29, 0.717) is 0 Å². The van der Waals surface area contributed by atoms with E-state index in [0.717, 1.165) is 17.0 Å². The first-order chi connectivity index (χ1) is 7.61. The van der Waals surface area contributed by atoms with Crippen LogP contribution < -0.4 is 5.56 Å². The number of hydrogen-bond donors (Lipinski definition) is 1. The van der Waals surface area contributed by atoms with Gasteiger partial charge in [-0.2, -0.15) is 4.98 Å². The highest BCUT2D eigenvalue weighted by Gasteiger charge is 2.14. The summed E-state index contributed by atoms with van der Waals surface area (Å²) in [4.78, 5) is 26.1. The zero-order chi connectivity index (χ0) is 11.7. The fraction of sp³-hybridized carbons (Fsp3) is 0.111. The predicted molar refractivity (Wildman–Crippen MR) is 51.6 cm³/mol. The molecule has 7 nitrogen and oxygen atoms in total. The monoisotopic (exact) mass is 221 g/mol. The van der Waals surface area contributed by atoms with Crippen LogP contribution in [0.3, 0.4) is 0 Å². The Hall–Kier alpha value is -2.44. The molecule has 2 heterocycles. The lowest BCUT2D eigenvalue weighted by molar-refractivity contribution is 0.0695. The number of rotatable bonds is 2. The summed E-state index contributed by atoms with van der Waals surface area (Å²) >= 11 is 0. The third-order valence-corrected chi connectivity index (χ3v) is 2.12. The second kappa shape index (κ2) is 3.61. The molecule has 0 aromatic carbocycles. The topological polar surface area (TPSA) is 98.2 Å². The van der Waals surface area contributed by atoms with E-state index in [1.165, 1.54) is 13.0 Å². The number of carboxylic acid groups (broad SMARTS) is 1. The fourth-order valence-electron chi connectivity index (χ4n) is 1.37. The Kier molecular flexibility index (Phi) is 2.28. The highest BCUT2D eigenvalue weighted by Crippen LogP contribution is 2.08. The smallest absolute Gasteiger partial charge is 0.337 e. The molecule has 0 saturated carbocycles. The molecule has 0 radical (unpaired) electrons. The summed E-state index contributed by atoms with van der Waals surface area (Å²) in [6.45, 7) is 1.50. The van der Waals surface area contributed by atoms with E-state index in [4.69, 9.17) is 5.11 Å². The molecule has 16 heavy (non-hydrogen) atoms. The molecule has 0 aliphatic rings. The highest BCUT2D eigenvalue weighted by molar-refractivity contribution is 5.88. The van der Waals surface area contributed by atoms with Crippen molar-refractivity contribution >= 4 is 5.97 Å². The molecule has 82 valence electrons. The molecule has 0 amide bonds. The first-order valence-corrected chi connectivity index (χ1v) is 4.34. The molecule has 0 unspecified atom stereocenters. The van der Waals surface area contributed by atoms with Gasteiger partial charge in [-0.15, -0.1) is 0 Å². The van der Waals surface area contributed by atoms with Crippen LogP contribution in [0.25, 0.3) is 5.95 Å². The van der Waals surface area contributed by atoms with E-state index in [-0.39, 0.29) is 17.2 Å². The first kappa shape index (κ1) is 10.1. The standard InChI is InChI=1S/C9H7N3O4/c1-5-6(8(14)15)2-3-7(13)12(5)9-10-4-16-11-9/h2-4H,1H3,(H,14,15). The predicted octanol–water partition coefficient (Wildman–Crippen LogP) is 0.227. The summed E-state index contributed by atoms with van der Waals surface area (Å²) in [5, 5.41) is 12.4. The van der Waals surface area contributed by atoms with Crippen molar-refractivity contribution in [3.8, 4) is 5.95 Å². The van der Waals surface area contributed by atoms with Gasteiger partial charge in [-0.1, -0.05) is 0 Å². The van der Waals surface area contributed by atoms with Crippen LogP contribution in [0.15, 0.2) is 27.8 Å². The Morgan fingerprint density at radius 3 is 2.81 bits per heavy atom. The first-order valence-electron chi connectivity index (χ1n) is 4.34. The van der Waals surface area contributed by atoms with Crippen LogP contribution in [0.5, 0.6) is 0 Å². The Morgan fingerprint density at radius 1 is 1.50 bits per heavy atom. The van der Waals surface area contributed by atoms with Gasteiger partial charge in [0.05, 0.1) is 5.56 Å². The molecule has 2 aromatic rings. The van der Waals surface area contributed by atoms with Gasteiger partial charge in [0.25, 0.3) is 11.5 Å². The maximum absolute atomic E-state index is 11.6. The normalized spacial score (nSPS) is 10.3. The number of carbonyl (C=O) groups is 1. The van der Waals surface area contributed by atoms with Crippen LogP contribution >= 0.6 is 0 Å². The van der Waals surface area contributed by atoms with E-state index in [1.54, 1.807) is 0 Å². The van der Waals surface area contributed by atoms with Gasteiger partial charge in [0, 0.05) is 11.8 Å². The Morgan fingerprint density at radius 2 is 2.25 bits per heavy atom. The van der Waals surface area contributed by atoms with Crippen LogP contribution in [0.2, 0.25) is 0 Å². The molecule has 0 bridgehead atoms. The van der Waals surface area contributed by atoms with E-state index in [2.05, 4.69) is 14.7 Å². The molecule has 0 aliphatic carbocycles. The van der Waals surface area contributed by atoms with Crippen LogP contribution in [-0.4, -0.2) is 25.8 Å². The average molecular weight is 221 g/mol. The zero-order valence-electron chi connectivity index (χ0n) is 8.25. The summed E-state index contributed by atoms with van der Waals surface area (Å²) in [6.07, 6.45) is 1.06. The lowest BCUT2D eigenvalue weighted by Crippen LogP contribution is -2.23. The van der Waals surface area contributed by atoms with Gasteiger partial charge < -0.3 is 9.63 Å².